The zero-order chi connectivity index (χ0) is 20.3. The number of carbonyl (C=O) groups excluding carboxylic acids is 3. The van der Waals surface area contributed by atoms with Crippen LogP contribution in [-0.2, 0) is 16.1 Å². The number of rotatable bonds is 3. The minimum atomic E-state index is -0.614. The number of ether oxygens (including phenoxy) is 1. The molecule has 3 unspecified atom stereocenters. The van der Waals surface area contributed by atoms with Gasteiger partial charge in [-0.1, -0.05) is 20.3 Å². The largest absolute Gasteiger partial charge is 0.488 e. The van der Waals surface area contributed by atoms with Gasteiger partial charge in [0.05, 0.1) is 6.10 Å². The molecule has 7 nitrogen and oxygen atoms in total. The second-order valence-electron chi connectivity index (χ2n) is 7.23. The monoisotopic (exact) mass is 388 g/mol. The number of hydrogen-bond donors (Lipinski definition) is 2. The maximum atomic E-state index is 12.7. The lowest BCUT2D eigenvalue weighted by atomic mass is 9.95. The van der Waals surface area contributed by atoms with Crippen LogP contribution < -0.4 is 10.1 Å². The van der Waals surface area contributed by atoms with Gasteiger partial charge in [-0.3, -0.25) is 19.7 Å². The number of amides is 3. The van der Waals surface area contributed by atoms with Crippen molar-refractivity contribution >= 4 is 17.7 Å². The summed E-state index contributed by atoms with van der Waals surface area (Å²) >= 11 is 0. The SMILES string of the molecule is CC.O=C1CCC(N2Cc3cc(OC4CCCCC4O)ccc3C2=O)C(=O)N1. The molecule has 0 bridgehead atoms. The molecule has 1 saturated carbocycles. The van der Waals surface area contributed by atoms with Crippen LogP contribution in [0.15, 0.2) is 18.2 Å². The van der Waals surface area contributed by atoms with Crippen molar-refractivity contribution in [2.24, 2.45) is 0 Å². The van der Waals surface area contributed by atoms with Crippen molar-refractivity contribution in [1.82, 2.24) is 10.2 Å². The van der Waals surface area contributed by atoms with Crippen LogP contribution >= 0.6 is 0 Å². The van der Waals surface area contributed by atoms with Gasteiger partial charge in [-0.15, -0.1) is 0 Å². The highest BCUT2D eigenvalue weighted by Gasteiger charge is 2.39. The van der Waals surface area contributed by atoms with Crippen LogP contribution in [0.4, 0.5) is 0 Å². The van der Waals surface area contributed by atoms with Crippen LogP contribution in [0.1, 0.15) is 68.3 Å². The molecule has 152 valence electrons. The van der Waals surface area contributed by atoms with E-state index in [0.29, 0.717) is 24.3 Å². The van der Waals surface area contributed by atoms with Crippen molar-refractivity contribution in [3.8, 4) is 5.75 Å². The first kappa shape index (κ1) is 20.3. The third-order valence-electron chi connectivity index (χ3n) is 5.45. The standard InChI is InChI=1S/C19H22N2O5.C2H6/c22-15-3-1-2-4-16(15)26-12-5-6-13-11(9-12)10-21(19(13)25)14-7-8-17(23)20-18(14)24;1-2/h5-6,9,14-16,22H,1-4,7-8,10H2,(H,20,23,24);1-2H3. The van der Waals surface area contributed by atoms with Crippen LogP contribution in [0, 0.1) is 0 Å². The summed E-state index contributed by atoms with van der Waals surface area (Å²) in [7, 11) is 0. The number of fused-ring (bicyclic) bond motifs is 1. The van der Waals surface area contributed by atoms with E-state index in [1.54, 1.807) is 12.1 Å². The Balaban J connectivity index is 0.00000109. The Morgan fingerprint density at radius 3 is 2.57 bits per heavy atom. The van der Waals surface area contributed by atoms with Crippen LogP contribution in [0.2, 0.25) is 0 Å². The highest BCUT2D eigenvalue weighted by atomic mass is 16.5. The molecule has 1 saturated heterocycles. The summed E-state index contributed by atoms with van der Waals surface area (Å²) < 4.78 is 5.94. The molecule has 1 aromatic rings. The number of aliphatic hydroxyl groups excluding tert-OH is 1. The van der Waals surface area contributed by atoms with E-state index in [-0.39, 0.29) is 24.3 Å². The molecule has 4 rings (SSSR count). The Labute approximate surface area is 165 Å². The van der Waals surface area contributed by atoms with Crippen molar-refractivity contribution in [1.29, 1.82) is 0 Å². The quantitative estimate of drug-likeness (QED) is 0.774. The van der Waals surface area contributed by atoms with E-state index >= 15 is 0 Å². The van der Waals surface area contributed by atoms with Gasteiger partial charge in [0.15, 0.2) is 0 Å². The molecule has 1 aromatic carbocycles. The van der Waals surface area contributed by atoms with Crippen LogP contribution in [-0.4, -0.2) is 46.0 Å². The van der Waals surface area contributed by atoms with Crippen LogP contribution in [0.3, 0.4) is 0 Å². The van der Waals surface area contributed by atoms with Gasteiger partial charge in [0.2, 0.25) is 11.8 Å². The summed E-state index contributed by atoms with van der Waals surface area (Å²) in [6.45, 7) is 4.32. The molecule has 1 aliphatic carbocycles. The lowest BCUT2D eigenvalue weighted by molar-refractivity contribution is -0.136. The highest BCUT2D eigenvalue weighted by Crippen LogP contribution is 2.31. The highest BCUT2D eigenvalue weighted by molar-refractivity contribution is 6.05. The average molecular weight is 388 g/mol. The molecule has 0 radical (unpaired) electrons. The molecule has 7 heteroatoms. The Hall–Kier alpha value is -2.41. The van der Waals surface area contributed by atoms with E-state index in [1.165, 1.54) is 4.90 Å². The molecular formula is C21H28N2O5. The lowest BCUT2D eigenvalue weighted by Crippen LogP contribution is -2.52. The van der Waals surface area contributed by atoms with Crippen LogP contribution in [0.5, 0.6) is 5.75 Å². The van der Waals surface area contributed by atoms with E-state index in [0.717, 1.165) is 31.2 Å². The third-order valence-corrected chi connectivity index (χ3v) is 5.45. The van der Waals surface area contributed by atoms with E-state index in [4.69, 9.17) is 4.74 Å². The van der Waals surface area contributed by atoms with E-state index in [9.17, 15) is 19.5 Å². The van der Waals surface area contributed by atoms with Gasteiger partial charge in [-0.2, -0.15) is 0 Å². The van der Waals surface area contributed by atoms with Gasteiger partial charge in [-0.05, 0) is 49.4 Å². The Kier molecular flexibility index (Phi) is 6.34. The molecule has 2 fully saturated rings. The minimum Gasteiger partial charge on any atom is -0.488 e. The second-order valence-corrected chi connectivity index (χ2v) is 7.23. The van der Waals surface area contributed by atoms with Gasteiger partial charge in [-0.25, -0.2) is 0 Å². The average Bonchev–Trinajstić information content (AvgIpc) is 3.01. The number of carbonyl (C=O) groups is 3. The number of hydrogen-bond acceptors (Lipinski definition) is 5. The predicted molar refractivity (Wildman–Crippen MR) is 103 cm³/mol. The fourth-order valence-electron chi connectivity index (χ4n) is 4.01. The first-order valence-corrected chi connectivity index (χ1v) is 10.2. The summed E-state index contributed by atoms with van der Waals surface area (Å²) in [4.78, 5) is 37.6. The molecular weight excluding hydrogens is 360 g/mol. The number of aliphatic hydroxyl groups is 1. The molecule has 3 amide bonds. The maximum absolute atomic E-state index is 12.7. The van der Waals surface area contributed by atoms with E-state index < -0.39 is 18.1 Å². The zero-order valence-electron chi connectivity index (χ0n) is 16.4. The second kappa shape index (κ2) is 8.73. The number of nitrogens with zero attached hydrogens (tertiary/aromatic N) is 1. The third kappa shape index (κ3) is 4.04. The topological polar surface area (TPSA) is 95.9 Å². The van der Waals surface area contributed by atoms with Gasteiger partial charge in [0.1, 0.15) is 17.9 Å². The molecule has 2 N–H and O–H groups in total. The van der Waals surface area contributed by atoms with Gasteiger partial charge < -0.3 is 14.7 Å². The molecule has 0 spiro atoms. The summed E-state index contributed by atoms with van der Waals surface area (Å²) in [6.07, 6.45) is 3.53. The first-order chi connectivity index (χ1) is 13.5. The summed E-state index contributed by atoms with van der Waals surface area (Å²) in [5.41, 5.74) is 1.37. The summed E-state index contributed by atoms with van der Waals surface area (Å²) in [5.74, 6) is -0.271. The molecule has 3 atom stereocenters. The summed E-state index contributed by atoms with van der Waals surface area (Å²) in [5, 5.41) is 12.4. The molecule has 2 aliphatic heterocycles. The van der Waals surface area contributed by atoms with Gasteiger partial charge in [0, 0.05) is 18.5 Å². The van der Waals surface area contributed by atoms with E-state index in [2.05, 4.69) is 5.32 Å². The molecule has 2 heterocycles. The van der Waals surface area contributed by atoms with Gasteiger partial charge in [0.25, 0.3) is 5.91 Å². The number of piperidine rings is 1. The Morgan fingerprint density at radius 2 is 1.86 bits per heavy atom. The van der Waals surface area contributed by atoms with Crippen molar-refractivity contribution in [2.45, 2.75) is 77.2 Å². The fraction of sp³-hybridized carbons (Fsp3) is 0.571. The van der Waals surface area contributed by atoms with Crippen molar-refractivity contribution in [3.05, 3.63) is 29.3 Å². The molecule has 0 aromatic heterocycles. The Bertz CT molecular complexity index is 763. The molecule has 28 heavy (non-hydrogen) atoms. The van der Waals surface area contributed by atoms with Crippen LogP contribution in [0.25, 0.3) is 0 Å². The minimum absolute atomic E-state index is 0.196. The summed E-state index contributed by atoms with van der Waals surface area (Å²) in [6, 6.07) is 4.66. The van der Waals surface area contributed by atoms with Crippen molar-refractivity contribution in [3.63, 3.8) is 0 Å². The smallest absolute Gasteiger partial charge is 0.255 e. The number of benzene rings is 1. The maximum Gasteiger partial charge on any atom is 0.255 e. The first-order valence-electron chi connectivity index (χ1n) is 10.2. The lowest BCUT2D eigenvalue weighted by Gasteiger charge is -2.29. The number of nitrogens with one attached hydrogen (secondary N) is 1. The Morgan fingerprint density at radius 1 is 1.11 bits per heavy atom. The van der Waals surface area contributed by atoms with Gasteiger partial charge >= 0.3 is 0 Å². The molecule has 3 aliphatic rings. The van der Waals surface area contributed by atoms with E-state index in [1.807, 2.05) is 19.9 Å². The fourth-order valence-corrected chi connectivity index (χ4v) is 4.01. The van der Waals surface area contributed by atoms with Crippen molar-refractivity contribution in [2.75, 3.05) is 0 Å². The van der Waals surface area contributed by atoms with Crippen molar-refractivity contribution < 1.29 is 24.2 Å². The predicted octanol–water partition coefficient (Wildman–Crippen LogP) is 2.16. The zero-order valence-corrected chi connectivity index (χ0v) is 16.4. The normalized spacial score (nSPS) is 26.9. The number of imide groups is 1.